The molecule has 0 unspecified atom stereocenters. The number of imidazole rings is 1. The van der Waals surface area contributed by atoms with E-state index in [1.807, 2.05) is 23.7 Å². The fourth-order valence-electron chi connectivity index (χ4n) is 2.65. The standard InChI is InChI=1S/C18H15IN6S/c1-25-14(10-11-3-2-4-12(19)9-11)22-15-16(20)23-18(24-17(15)25)26-13-5-7-21-8-6-13/h2-9H,10H2,1H3,(H2,20,23,24). The van der Waals surface area contributed by atoms with Gasteiger partial charge in [-0.2, -0.15) is 0 Å². The molecule has 130 valence electrons. The second-order valence-corrected chi connectivity index (χ2v) is 8.03. The number of nitrogens with zero attached hydrogens (tertiary/aromatic N) is 5. The molecule has 0 radical (unpaired) electrons. The van der Waals surface area contributed by atoms with E-state index in [-0.39, 0.29) is 0 Å². The Morgan fingerprint density at radius 1 is 1.12 bits per heavy atom. The zero-order valence-corrected chi connectivity index (χ0v) is 16.9. The summed E-state index contributed by atoms with van der Waals surface area (Å²) in [6.45, 7) is 0. The van der Waals surface area contributed by atoms with Crippen molar-refractivity contribution in [2.75, 3.05) is 5.73 Å². The van der Waals surface area contributed by atoms with Gasteiger partial charge in [-0.3, -0.25) is 4.98 Å². The third-order valence-electron chi connectivity index (χ3n) is 3.93. The van der Waals surface area contributed by atoms with Crippen LogP contribution < -0.4 is 5.73 Å². The van der Waals surface area contributed by atoms with Gasteiger partial charge in [0, 0.05) is 34.3 Å². The Balaban J connectivity index is 1.71. The van der Waals surface area contributed by atoms with Crippen LogP contribution in [0.2, 0.25) is 0 Å². The lowest BCUT2D eigenvalue weighted by Gasteiger charge is -2.04. The van der Waals surface area contributed by atoms with Crippen LogP contribution in [-0.2, 0) is 13.5 Å². The zero-order valence-electron chi connectivity index (χ0n) is 13.9. The minimum atomic E-state index is 0.399. The Kier molecular flexibility index (Phi) is 4.77. The van der Waals surface area contributed by atoms with E-state index in [4.69, 9.17) is 5.73 Å². The summed E-state index contributed by atoms with van der Waals surface area (Å²) in [6.07, 6.45) is 4.21. The summed E-state index contributed by atoms with van der Waals surface area (Å²) >= 11 is 3.77. The first-order chi connectivity index (χ1) is 12.6. The summed E-state index contributed by atoms with van der Waals surface area (Å²) in [5, 5.41) is 0.602. The quantitative estimate of drug-likeness (QED) is 0.359. The van der Waals surface area contributed by atoms with Crippen molar-refractivity contribution >= 4 is 51.3 Å². The Morgan fingerprint density at radius 3 is 2.69 bits per heavy atom. The number of pyridine rings is 1. The van der Waals surface area contributed by atoms with Crippen LogP contribution in [-0.4, -0.2) is 24.5 Å². The number of anilines is 1. The first-order valence-electron chi connectivity index (χ1n) is 7.91. The average molecular weight is 474 g/mol. The van der Waals surface area contributed by atoms with E-state index in [9.17, 15) is 0 Å². The van der Waals surface area contributed by atoms with Crippen molar-refractivity contribution in [2.24, 2.45) is 7.05 Å². The molecule has 0 fully saturated rings. The van der Waals surface area contributed by atoms with Crippen molar-refractivity contribution in [3.05, 3.63) is 63.7 Å². The highest BCUT2D eigenvalue weighted by atomic mass is 127. The first-order valence-corrected chi connectivity index (χ1v) is 9.81. The molecule has 0 amide bonds. The number of aromatic nitrogens is 5. The summed E-state index contributed by atoms with van der Waals surface area (Å²) in [5.74, 6) is 1.31. The maximum atomic E-state index is 6.16. The van der Waals surface area contributed by atoms with Crippen molar-refractivity contribution in [3.63, 3.8) is 0 Å². The van der Waals surface area contributed by atoms with Crippen molar-refractivity contribution in [3.8, 4) is 0 Å². The summed E-state index contributed by atoms with van der Waals surface area (Å²) < 4.78 is 3.19. The third kappa shape index (κ3) is 3.51. The fourth-order valence-corrected chi connectivity index (χ4v) is 4.00. The lowest BCUT2D eigenvalue weighted by molar-refractivity contribution is 0.827. The largest absolute Gasteiger partial charge is 0.382 e. The average Bonchev–Trinajstić information content (AvgIpc) is 2.93. The minimum absolute atomic E-state index is 0.399. The number of halogens is 1. The molecule has 6 nitrogen and oxygen atoms in total. The predicted molar refractivity (Wildman–Crippen MR) is 111 cm³/mol. The molecule has 0 aliphatic rings. The summed E-state index contributed by atoms with van der Waals surface area (Å²) in [7, 11) is 1.96. The van der Waals surface area contributed by atoms with Gasteiger partial charge in [-0.05, 0) is 64.2 Å². The normalized spacial score (nSPS) is 11.2. The highest BCUT2D eigenvalue weighted by molar-refractivity contribution is 14.1. The van der Waals surface area contributed by atoms with Crippen LogP contribution in [0.3, 0.4) is 0 Å². The lowest BCUT2D eigenvalue weighted by Crippen LogP contribution is -2.01. The number of nitrogens with two attached hydrogens (primary N) is 1. The zero-order chi connectivity index (χ0) is 18.1. The molecular weight excluding hydrogens is 459 g/mol. The summed E-state index contributed by atoms with van der Waals surface area (Å²) in [6, 6.07) is 12.2. The second kappa shape index (κ2) is 7.20. The molecule has 0 saturated heterocycles. The Bertz CT molecular complexity index is 1080. The molecule has 26 heavy (non-hydrogen) atoms. The molecule has 3 aromatic heterocycles. The van der Waals surface area contributed by atoms with E-state index >= 15 is 0 Å². The van der Waals surface area contributed by atoms with Gasteiger partial charge in [0.25, 0.3) is 0 Å². The number of aryl methyl sites for hydroxylation is 1. The fraction of sp³-hybridized carbons (Fsp3) is 0.111. The molecule has 3 heterocycles. The van der Waals surface area contributed by atoms with E-state index in [1.54, 1.807) is 12.4 Å². The molecule has 0 atom stereocenters. The van der Waals surface area contributed by atoms with Gasteiger partial charge in [-0.25, -0.2) is 15.0 Å². The van der Waals surface area contributed by atoms with Crippen LogP contribution in [0.1, 0.15) is 11.4 Å². The molecule has 0 bridgehead atoms. The van der Waals surface area contributed by atoms with E-state index < -0.39 is 0 Å². The molecule has 2 N–H and O–H groups in total. The Morgan fingerprint density at radius 2 is 1.92 bits per heavy atom. The molecule has 0 spiro atoms. The van der Waals surface area contributed by atoms with Crippen molar-refractivity contribution in [1.82, 2.24) is 24.5 Å². The Hall–Kier alpha value is -2.20. The molecule has 0 aliphatic heterocycles. The number of benzene rings is 1. The van der Waals surface area contributed by atoms with Crippen molar-refractivity contribution in [1.29, 1.82) is 0 Å². The number of nitrogen functional groups attached to an aromatic ring is 1. The van der Waals surface area contributed by atoms with E-state index in [2.05, 4.69) is 66.8 Å². The van der Waals surface area contributed by atoms with Gasteiger partial charge in [0.1, 0.15) is 5.82 Å². The van der Waals surface area contributed by atoms with Gasteiger partial charge in [-0.15, -0.1) is 0 Å². The SMILES string of the molecule is Cn1c(Cc2cccc(I)c2)nc2c(N)nc(Sc3ccncc3)nc21. The molecule has 8 heteroatoms. The lowest BCUT2D eigenvalue weighted by atomic mass is 10.1. The monoisotopic (exact) mass is 474 g/mol. The molecular formula is C18H15IN6S. The van der Waals surface area contributed by atoms with E-state index in [0.717, 1.165) is 22.8 Å². The number of hydrogen-bond acceptors (Lipinski definition) is 6. The maximum absolute atomic E-state index is 6.16. The van der Waals surface area contributed by atoms with Crippen LogP contribution in [0, 0.1) is 3.57 Å². The topological polar surface area (TPSA) is 82.5 Å². The maximum Gasteiger partial charge on any atom is 0.196 e. The van der Waals surface area contributed by atoms with Gasteiger partial charge in [0.05, 0.1) is 0 Å². The van der Waals surface area contributed by atoms with E-state index in [0.29, 0.717) is 16.5 Å². The van der Waals surface area contributed by atoms with Gasteiger partial charge in [0.15, 0.2) is 22.1 Å². The number of hydrogen-bond donors (Lipinski definition) is 1. The van der Waals surface area contributed by atoms with Gasteiger partial charge in [-0.1, -0.05) is 12.1 Å². The molecule has 0 aliphatic carbocycles. The van der Waals surface area contributed by atoms with Crippen LogP contribution in [0.5, 0.6) is 0 Å². The van der Waals surface area contributed by atoms with Crippen molar-refractivity contribution in [2.45, 2.75) is 16.5 Å². The number of rotatable bonds is 4. The van der Waals surface area contributed by atoms with E-state index in [1.165, 1.54) is 20.9 Å². The van der Waals surface area contributed by atoms with Crippen LogP contribution in [0.25, 0.3) is 11.2 Å². The Labute approximate surface area is 168 Å². The molecule has 4 rings (SSSR count). The molecule has 1 aromatic carbocycles. The highest BCUT2D eigenvalue weighted by Gasteiger charge is 2.15. The minimum Gasteiger partial charge on any atom is -0.382 e. The van der Waals surface area contributed by atoms with Gasteiger partial charge < -0.3 is 10.3 Å². The van der Waals surface area contributed by atoms with Gasteiger partial charge in [0.2, 0.25) is 0 Å². The second-order valence-electron chi connectivity index (χ2n) is 5.74. The smallest absolute Gasteiger partial charge is 0.196 e. The van der Waals surface area contributed by atoms with Gasteiger partial charge >= 0.3 is 0 Å². The summed E-state index contributed by atoms with van der Waals surface area (Å²) in [5.41, 5.74) is 8.75. The highest BCUT2D eigenvalue weighted by Crippen LogP contribution is 2.28. The first kappa shape index (κ1) is 17.2. The third-order valence-corrected chi connectivity index (χ3v) is 5.47. The summed E-state index contributed by atoms with van der Waals surface area (Å²) in [4.78, 5) is 18.8. The predicted octanol–water partition coefficient (Wildman–Crippen LogP) is 3.69. The molecule has 0 saturated carbocycles. The van der Waals surface area contributed by atoms with Crippen LogP contribution in [0.15, 0.2) is 58.8 Å². The van der Waals surface area contributed by atoms with Crippen LogP contribution in [0.4, 0.5) is 5.82 Å². The number of fused-ring (bicyclic) bond motifs is 1. The van der Waals surface area contributed by atoms with Crippen molar-refractivity contribution < 1.29 is 0 Å². The van der Waals surface area contributed by atoms with Crippen LogP contribution >= 0.6 is 34.4 Å². The molecule has 4 aromatic rings.